The Hall–Kier alpha value is -3.75. The Morgan fingerprint density at radius 2 is 1.89 bits per heavy atom. The predicted octanol–water partition coefficient (Wildman–Crippen LogP) is 1.46. The molecule has 1 atom stereocenters. The van der Waals surface area contributed by atoms with E-state index in [1.54, 1.807) is 31.2 Å². The maximum Gasteiger partial charge on any atom is 0.344 e. The SMILES string of the molecule is Cc1cc(C)n2ncc(C(=O)NN3C(=O)NC(C)(c4ccccc4)C3=O)c2n1. The van der Waals surface area contributed by atoms with Crippen LogP contribution in [0.3, 0.4) is 0 Å². The third kappa shape index (κ3) is 2.59. The third-order valence-corrected chi connectivity index (χ3v) is 4.78. The van der Waals surface area contributed by atoms with Gasteiger partial charge in [-0.3, -0.25) is 15.0 Å². The van der Waals surface area contributed by atoms with Gasteiger partial charge in [0.25, 0.3) is 11.8 Å². The van der Waals surface area contributed by atoms with Crippen LogP contribution in [-0.2, 0) is 10.3 Å². The molecule has 9 heteroatoms. The van der Waals surface area contributed by atoms with Crippen LogP contribution in [0.25, 0.3) is 5.65 Å². The summed E-state index contributed by atoms with van der Waals surface area (Å²) in [5, 5.41) is 7.49. The largest absolute Gasteiger partial charge is 0.344 e. The molecule has 0 bridgehead atoms. The number of carbonyl (C=O) groups excluding carboxylic acids is 3. The minimum absolute atomic E-state index is 0.167. The molecule has 142 valence electrons. The van der Waals surface area contributed by atoms with Crippen LogP contribution in [0.1, 0.15) is 34.2 Å². The summed E-state index contributed by atoms with van der Waals surface area (Å²) in [6, 6.07) is 9.98. The highest BCUT2D eigenvalue weighted by molar-refractivity contribution is 6.10. The van der Waals surface area contributed by atoms with E-state index >= 15 is 0 Å². The number of imide groups is 1. The van der Waals surface area contributed by atoms with Crippen molar-refractivity contribution >= 4 is 23.5 Å². The number of carbonyl (C=O) groups is 3. The van der Waals surface area contributed by atoms with Crippen LogP contribution >= 0.6 is 0 Å². The normalized spacial score (nSPS) is 19.2. The highest BCUT2D eigenvalue weighted by atomic mass is 16.2. The number of benzene rings is 1. The molecule has 1 saturated heterocycles. The second-order valence-electron chi connectivity index (χ2n) is 6.84. The van der Waals surface area contributed by atoms with E-state index in [0.717, 1.165) is 11.4 Å². The van der Waals surface area contributed by atoms with Crippen LogP contribution in [0, 0.1) is 13.8 Å². The molecule has 9 nitrogen and oxygen atoms in total. The molecule has 1 aromatic carbocycles. The fourth-order valence-corrected chi connectivity index (χ4v) is 3.30. The van der Waals surface area contributed by atoms with Gasteiger partial charge in [0.05, 0.1) is 6.20 Å². The van der Waals surface area contributed by atoms with E-state index in [9.17, 15) is 14.4 Å². The molecule has 2 aromatic heterocycles. The fraction of sp³-hybridized carbons (Fsp3) is 0.211. The van der Waals surface area contributed by atoms with Gasteiger partial charge in [0, 0.05) is 11.4 Å². The van der Waals surface area contributed by atoms with Crippen molar-refractivity contribution in [1.29, 1.82) is 0 Å². The first-order valence-electron chi connectivity index (χ1n) is 8.66. The number of hydrogen-bond donors (Lipinski definition) is 2. The lowest BCUT2D eigenvalue weighted by atomic mass is 9.92. The molecule has 1 fully saturated rings. The molecule has 2 N–H and O–H groups in total. The zero-order valence-corrected chi connectivity index (χ0v) is 15.6. The summed E-state index contributed by atoms with van der Waals surface area (Å²) in [5.41, 5.74) is 3.79. The van der Waals surface area contributed by atoms with Crippen LogP contribution in [0.15, 0.2) is 42.6 Å². The molecule has 1 aliphatic rings. The predicted molar refractivity (Wildman–Crippen MR) is 99.1 cm³/mol. The first-order chi connectivity index (χ1) is 13.3. The van der Waals surface area contributed by atoms with Gasteiger partial charge in [0.2, 0.25) is 0 Å². The Bertz CT molecular complexity index is 1120. The van der Waals surface area contributed by atoms with Gasteiger partial charge in [-0.1, -0.05) is 30.3 Å². The van der Waals surface area contributed by atoms with E-state index in [4.69, 9.17) is 0 Å². The standard InChI is InChI=1S/C19H18N6O3/c1-11-9-12(2)24-15(21-11)14(10-20-24)16(26)23-25-17(27)19(3,22-18(25)28)13-7-5-4-6-8-13/h4-10H,1-3H3,(H,22,28)(H,23,26). The number of aromatic nitrogens is 3. The molecular weight excluding hydrogens is 360 g/mol. The van der Waals surface area contributed by atoms with Gasteiger partial charge in [-0.15, -0.1) is 0 Å². The van der Waals surface area contributed by atoms with Gasteiger partial charge in [-0.25, -0.2) is 14.3 Å². The molecule has 4 amide bonds. The van der Waals surface area contributed by atoms with Gasteiger partial charge < -0.3 is 5.32 Å². The molecule has 0 saturated carbocycles. The lowest BCUT2D eigenvalue weighted by molar-refractivity contribution is -0.132. The fourth-order valence-electron chi connectivity index (χ4n) is 3.30. The number of hydrogen-bond acceptors (Lipinski definition) is 5. The van der Waals surface area contributed by atoms with Crippen LogP contribution < -0.4 is 10.7 Å². The van der Waals surface area contributed by atoms with Gasteiger partial charge in [0.15, 0.2) is 5.65 Å². The summed E-state index contributed by atoms with van der Waals surface area (Å²) < 4.78 is 1.53. The monoisotopic (exact) mass is 378 g/mol. The first-order valence-corrected chi connectivity index (χ1v) is 8.66. The summed E-state index contributed by atoms with van der Waals surface area (Å²) in [6.07, 6.45) is 1.36. The summed E-state index contributed by atoms with van der Waals surface area (Å²) in [4.78, 5) is 42.4. The third-order valence-electron chi connectivity index (χ3n) is 4.78. The summed E-state index contributed by atoms with van der Waals surface area (Å²) in [6.45, 7) is 5.25. The molecular formula is C19H18N6O3. The van der Waals surface area contributed by atoms with Crippen molar-refractivity contribution in [2.75, 3.05) is 0 Å². The molecule has 1 aliphatic heterocycles. The summed E-state index contributed by atoms with van der Waals surface area (Å²) >= 11 is 0. The van der Waals surface area contributed by atoms with E-state index in [2.05, 4.69) is 20.8 Å². The minimum atomic E-state index is -1.27. The second-order valence-corrected chi connectivity index (χ2v) is 6.84. The smallest absolute Gasteiger partial charge is 0.318 e. The topological polar surface area (TPSA) is 109 Å². The average Bonchev–Trinajstić information content (AvgIpc) is 3.18. The number of urea groups is 1. The lowest BCUT2D eigenvalue weighted by Gasteiger charge is -2.22. The van der Waals surface area contributed by atoms with Gasteiger partial charge >= 0.3 is 6.03 Å². The highest BCUT2D eigenvalue weighted by Crippen LogP contribution is 2.27. The molecule has 1 unspecified atom stereocenters. The Morgan fingerprint density at radius 3 is 2.61 bits per heavy atom. The summed E-state index contributed by atoms with van der Waals surface area (Å²) in [5.74, 6) is -1.22. The number of aryl methyl sites for hydroxylation is 2. The number of fused-ring (bicyclic) bond motifs is 1. The Balaban J connectivity index is 1.64. The van der Waals surface area contributed by atoms with Gasteiger partial charge in [-0.2, -0.15) is 10.1 Å². The number of amides is 4. The molecule has 0 spiro atoms. The van der Waals surface area contributed by atoms with Crippen LogP contribution in [-0.4, -0.2) is 37.5 Å². The molecule has 3 heterocycles. The van der Waals surface area contributed by atoms with Crippen molar-refractivity contribution in [3.63, 3.8) is 0 Å². The van der Waals surface area contributed by atoms with E-state index in [1.165, 1.54) is 10.7 Å². The van der Waals surface area contributed by atoms with E-state index in [1.807, 2.05) is 26.0 Å². The second kappa shape index (κ2) is 6.15. The van der Waals surface area contributed by atoms with Crippen LogP contribution in [0.4, 0.5) is 4.79 Å². The van der Waals surface area contributed by atoms with Crippen molar-refractivity contribution in [2.45, 2.75) is 26.3 Å². The number of hydrazine groups is 1. The van der Waals surface area contributed by atoms with Crippen molar-refractivity contribution in [3.05, 3.63) is 65.1 Å². The zero-order chi connectivity index (χ0) is 20.1. The Kier molecular flexibility index (Phi) is 3.88. The van der Waals surface area contributed by atoms with E-state index < -0.39 is 23.4 Å². The zero-order valence-electron chi connectivity index (χ0n) is 15.6. The van der Waals surface area contributed by atoms with Crippen molar-refractivity contribution in [2.24, 2.45) is 0 Å². The maximum absolute atomic E-state index is 12.9. The summed E-state index contributed by atoms with van der Waals surface area (Å²) in [7, 11) is 0. The van der Waals surface area contributed by atoms with Crippen LogP contribution in [0.2, 0.25) is 0 Å². The number of nitrogens with one attached hydrogen (secondary N) is 2. The first kappa shape index (κ1) is 17.7. The van der Waals surface area contributed by atoms with Crippen LogP contribution in [0.5, 0.6) is 0 Å². The molecule has 4 rings (SSSR count). The Labute approximate surface area is 160 Å². The van der Waals surface area contributed by atoms with E-state index in [0.29, 0.717) is 16.2 Å². The highest BCUT2D eigenvalue weighted by Gasteiger charge is 2.50. The molecule has 0 radical (unpaired) electrons. The van der Waals surface area contributed by atoms with Crippen molar-refractivity contribution < 1.29 is 14.4 Å². The molecule has 28 heavy (non-hydrogen) atoms. The maximum atomic E-state index is 12.9. The van der Waals surface area contributed by atoms with Gasteiger partial charge in [0.1, 0.15) is 11.1 Å². The quantitative estimate of drug-likeness (QED) is 0.671. The van der Waals surface area contributed by atoms with Gasteiger partial charge in [-0.05, 0) is 32.4 Å². The van der Waals surface area contributed by atoms with Crippen molar-refractivity contribution in [3.8, 4) is 0 Å². The number of rotatable bonds is 3. The average molecular weight is 378 g/mol. The lowest BCUT2D eigenvalue weighted by Crippen LogP contribution is -2.47. The van der Waals surface area contributed by atoms with E-state index in [-0.39, 0.29) is 5.56 Å². The molecule has 0 aliphatic carbocycles. The van der Waals surface area contributed by atoms with Crippen molar-refractivity contribution in [1.82, 2.24) is 30.3 Å². The molecule has 3 aromatic rings. The number of nitrogens with zero attached hydrogens (tertiary/aromatic N) is 4. The minimum Gasteiger partial charge on any atom is -0.318 e. The Morgan fingerprint density at radius 1 is 1.18 bits per heavy atom.